The lowest BCUT2D eigenvalue weighted by molar-refractivity contribution is 0.209. The molecule has 2 heterocycles. The number of carbonyl (C=O) groups is 1. The van der Waals surface area contributed by atoms with Gasteiger partial charge in [-0.05, 0) is 35.4 Å². The molecule has 1 aromatic heterocycles. The van der Waals surface area contributed by atoms with Gasteiger partial charge in [0, 0.05) is 37.2 Å². The second-order valence-electron chi connectivity index (χ2n) is 7.51. The number of urea groups is 1. The molecule has 2 atom stereocenters. The predicted octanol–water partition coefficient (Wildman–Crippen LogP) is 3.08. The Balaban J connectivity index is 1.29. The first-order valence-corrected chi connectivity index (χ1v) is 8.80. The summed E-state index contributed by atoms with van der Waals surface area (Å²) in [6, 6.07) is 9.41. The molecule has 132 valence electrons. The van der Waals surface area contributed by atoms with Crippen LogP contribution in [0.5, 0.6) is 5.75 Å². The molecule has 4 rings (SSSR count). The maximum absolute atomic E-state index is 12.4. The average molecular weight is 340 g/mol. The summed E-state index contributed by atoms with van der Waals surface area (Å²) in [6.45, 7) is 7.54. The van der Waals surface area contributed by atoms with E-state index in [9.17, 15) is 4.79 Å². The summed E-state index contributed by atoms with van der Waals surface area (Å²) in [5.74, 6) is 2.07. The number of likely N-dealkylation sites (tertiary alicyclic amines) is 1. The third-order valence-corrected chi connectivity index (χ3v) is 5.64. The van der Waals surface area contributed by atoms with Crippen LogP contribution in [0.3, 0.4) is 0 Å². The van der Waals surface area contributed by atoms with Gasteiger partial charge in [0.2, 0.25) is 0 Å². The first-order valence-electron chi connectivity index (χ1n) is 8.80. The molecule has 1 aromatic carbocycles. The highest BCUT2D eigenvalue weighted by molar-refractivity contribution is 5.89. The van der Waals surface area contributed by atoms with E-state index in [1.807, 2.05) is 46.1 Å². The van der Waals surface area contributed by atoms with Gasteiger partial charge in [0.25, 0.3) is 0 Å². The summed E-state index contributed by atoms with van der Waals surface area (Å²) in [4.78, 5) is 14.4. The van der Waals surface area contributed by atoms with Crippen LogP contribution in [-0.4, -0.2) is 40.4 Å². The summed E-state index contributed by atoms with van der Waals surface area (Å²) < 4.78 is 7.58. The molecule has 0 bridgehead atoms. The number of hydrogen-bond acceptors (Lipinski definition) is 3. The highest BCUT2D eigenvalue weighted by Gasteiger charge is 2.62. The number of anilines is 1. The Bertz CT molecular complexity index is 743. The van der Waals surface area contributed by atoms with Gasteiger partial charge in [-0.1, -0.05) is 19.9 Å². The molecule has 1 N–H and O–H groups in total. The number of nitrogens with one attached hydrogen (secondary N) is 1. The zero-order valence-electron chi connectivity index (χ0n) is 14.7. The molecule has 25 heavy (non-hydrogen) atoms. The number of aromatic nitrogens is 2. The van der Waals surface area contributed by atoms with E-state index in [0.29, 0.717) is 30.4 Å². The summed E-state index contributed by atoms with van der Waals surface area (Å²) in [6.07, 6.45) is 3.65. The van der Waals surface area contributed by atoms with Crippen LogP contribution in [0, 0.1) is 17.3 Å². The van der Waals surface area contributed by atoms with Gasteiger partial charge in [-0.25, -0.2) is 4.79 Å². The maximum Gasteiger partial charge on any atom is 0.321 e. The van der Waals surface area contributed by atoms with Crippen molar-refractivity contribution in [2.24, 2.45) is 17.3 Å². The summed E-state index contributed by atoms with van der Waals surface area (Å²) >= 11 is 0. The molecular weight excluding hydrogens is 316 g/mol. The number of hydrogen-bond donors (Lipinski definition) is 1. The van der Waals surface area contributed by atoms with E-state index in [4.69, 9.17) is 4.74 Å². The van der Waals surface area contributed by atoms with Gasteiger partial charge in [0.15, 0.2) is 0 Å². The van der Waals surface area contributed by atoms with E-state index >= 15 is 0 Å². The first-order chi connectivity index (χ1) is 12.0. The fraction of sp³-hybridized carbons (Fsp3) is 0.474. The molecule has 2 aromatic rings. The third-order valence-electron chi connectivity index (χ3n) is 5.64. The fourth-order valence-corrected chi connectivity index (χ4v) is 3.85. The summed E-state index contributed by atoms with van der Waals surface area (Å²) in [7, 11) is 0. The molecule has 1 aliphatic heterocycles. The molecule has 0 radical (unpaired) electrons. The van der Waals surface area contributed by atoms with Crippen molar-refractivity contribution in [3.8, 4) is 5.75 Å². The van der Waals surface area contributed by atoms with E-state index in [1.54, 1.807) is 6.20 Å². The molecular formula is C19H24N4O2. The van der Waals surface area contributed by atoms with E-state index in [1.165, 1.54) is 0 Å². The molecule has 1 saturated heterocycles. The van der Waals surface area contributed by atoms with Gasteiger partial charge in [-0.2, -0.15) is 5.10 Å². The molecule has 6 nitrogen and oxygen atoms in total. The monoisotopic (exact) mass is 340 g/mol. The van der Waals surface area contributed by atoms with Gasteiger partial charge < -0.3 is 15.0 Å². The number of rotatable bonds is 5. The van der Waals surface area contributed by atoms with E-state index in [-0.39, 0.29) is 6.03 Å². The molecule has 0 spiro atoms. The fourth-order valence-electron chi connectivity index (χ4n) is 3.85. The lowest BCUT2D eigenvalue weighted by Crippen LogP contribution is -2.36. The number of ether oxygens (including phenoxy) is 1. The van der Waals surface area contributed by atoms with Crippen LogP contribution in [0.25, 0.3) is 0 Å². The largest absolute Gasteiger partial charge is 0.492 e. The standard InChI is InChI=1S/C19H24N4O2/c1-19(2)16-12-22(13-17(16)19)18(24)21-14-5-3-6-15(11-14)25-10-9-23-8-4-7-20-23/h3-8,11,16-17H,9-10,12-13H2,1-2H3,(H,21,24)/t16-,17+. The Morgan fingerprint density at radius 2 is 2.12 bits per heavy atom. The van der Waals surface area contributed by atoms with Crippen LogP contribution in [0.15, 0.2) is 42.7 Å². The van der Waals surface area contributed by atoms with Gasteiger partial charge >= 0.3 is 6.03 Å². The van der Waals surface area contributed by atoms with Crippen molar-refractivity contribution in [2.75, 3.05) is 25.0 Å². The maximum atomic E-state index is 12.4. The molecule has 2 aliphatic rings. The highest BCUT2D eigenvalue weighted by atomic mass is 16.5. The van der Waals surface area contributed by atoms with Crippen molar-refractivity contribution in [1.82, 2.24) is 14.7 Å². The topological polar surface area (TPSA) is 59.4 Å². The van der Waals surface area contributed by atoms with Crippen LogP contribution in [0.2, 0.25) is 0 Å². The Kier molecular flexibility index (Phi) is 3.90. The SMILES string of the molecule is CC1(C)[C@@H]2CN(C(=O)Nc3cccc(OCCn4cccn4)c3)C[C@@H]21. The van der Waals surface area contributed by atoms with Crippen molar-refractivity contribution in [3.05, 3.63) is 42.7 Å². The number of benzene rings is 1. The highest BCUT2D eigenvalue weighted by Crippen LogP contribution is 2.61. The molecule has 2 fully saturated rings. The number of piperidine rings is 1. The van der Waals surface area contributed by atoms with Gasteiger partial charge in [-0.3, -0.25) is 4.68 Å². The second-order valence-corrected chi connectivity index (χ2v) is 7.51. The quantitative estimate of drug-likeness (QED) is 0.910. The minimum absolute atomic E-state index is 0.0170. The Morgan fingerprint density at radius 1 is 1.32 bits per heavy atom. The number of fused-ring (bicyclic) bond motifs is 1. The van der Waals surface area contributed by atoms with Gasteiger partial charge in [0.1, 0.15) is 12.4 Å². The minimum atomic E-state index is -0.0170. The summed E-state index contributed by atoms with van der Waals surface area (Å²) in [5.41, 5.74) is 1.18. The van der Waals surface area contributed by atoms with Crippen LogP contribution >= 0.6 is 0 Å². The molecule has 1 saturated carbocycles. The molecule has 1 aliphatic carbocycles. The summed E-state index contributed by atoms with van der Waals surface area (Å²) in [5, 5.41) is 7.13. The third kappa shape index (κ3) is 3.21. The van der Waals surface area contributed by atoms with Crippen LogP contribution < -0.4 is 10.1 Å². The van der Waals surface area contributed by atoms with Crippen LogP contribution in [0.1, 0.15) is 13.8 Å². The average Bonchev–Trinajstić information content (AvgIpc) is 3.08. The van der Waals surface area contributed by atoms with Crippen molar-refractivity contribution >= 4 is 11.7 Å². The van der Waals surface area contributed by atoms with Gasteiger partial charge in [-0.15, -0.1) is 0 Å². The lowest BCUT2D eigenvalue weighted by Gasteiger charge is -2.22. The van der Waals surface area contributed by atoms with Crippen molar-refractivity contribution in [3.63, 3.8) is 0 Å². The molecule has 0 unspecified atom stereocenters. The smallest absolute Gasteiger partial charge is 0.321 e. The van der Waals surface area contributed by atoms with E-state index in [0.717, 1.165) is 24.5 Å². The number of nitrogens with zero attached hydrogens (tertiary/aromatic N) is 3. The Morgan fingerprint density at radius 3 is 2.84 bits per heavy atom. The normalized spacial score (nSPS) is 23.2. The molecule has 2 amide bonds. The Hall–Kier alpha value is -2.50. The predicted molar refractivity (Wildman–Crippen MR) is 95.5 cm³/mol. The second kappa shape index (κ2) is 6.10. The zero-order valence-corrected chi connectivity index (χ0v) is 14.7. The number of amides is 2. The minimum Gasteiger partial charge on any atom is -0.492 e. The van der Waals surface area contributed by atoms with Crippen LogP contribution in [0.4, 0.5) is 10.5 Å². The Labute approximate surface area is 147 Å². The van der Waals surface area contributed by atoms with Crippen molar-refractivity contribution in [2.45, 2.75) is 20.4 Å². The lowest BCUT2D eigenvalue weighted by atomic mass is 10.1. The van der Waals surface area contributed by atoms with Crippen molar-refractivity contribution < 1.29 is 9.53 Å². The van der Waals surface area contributed by atoms with Crippen molar-refractivity contribution in [1.29, 1.82) is 0 Å². The van der Waals surface area contributed by atoms with E-state index in [2.05, 4.69) is 24.3 Å². The van der Waals surface area contributed by atoms with Gasteiger partial charge in [0.05, 0.1) is 6.54 Å². The number of carbonyl (C=O) groups excluding carboxylic acids is 1. The van der Waals surface area contributed by atoms with E-state index < -0.39 is 0 Å². The zero-order chi connectivity index (χ0) is 17.4. The van der Waals surface area contributed by atoms with Crippen LogP contribution in [-0.2, 0) is 6.54 Å². The molecule has 6 heteroatoms. The first kappa shape index (κ1) is 16.0.